The number of hydrogen-bond donors (Lipinski definition) is 2. The number of nitriles is 1. The summed E-state index contributed by atoms with van der Waals surface area (Å²) in [7, 11) is 1.39. The maximum Gasteiger partial charge on any atom is 0.339 e. The number of hydrogen-bond acceptors (Lipinski definition) is 6. The summed E-state index contributed by atoms with van der Waals surface area (Å²) in [5, 5.41) is 23.9. The summed E-state index contributed by atoms with van der Waals surface area (Å²) in [5.74, 6) is -3.09. The molecule has 47 heavy (non-hydrogen) atoms. The molecule has 1 heterocycles. The Morgan fingerprint density at radius 2 is 1.89 bits per heavy atom. The van der Waals surface area contributed by atoms with E-state index in [-0.39, 0.29) is 51.2 Å². The molecular weight excluding hydrogens is 647 g/mol. The Morgan fingerprint density at radius 3 is 2.51 bits per heavy atom. The van der Waals surface area contributed by atoms with Crippen molar-refractivity contribution >= 4 is 34.9 Å². The number of ether oxygens (including phenoxy) is 2. The quantitative estimate of drug-likeness (QED) is 0.137. The van der Waals surface area contributed by atoms with Crippen molar-refractivity contribution in [3.05, 3.63) is 93.0 Å². The predicted molar refractivity (Wildman–Crippen MR) is 181 cm³/mol. The lowest BCUT2D eigenvalue weighted by molar-refractivity contribution is 0.0593. The average Bonchev–Trinajstić information content (AvgIpc) is 3.26. The first-order chi connectivity index (χ1) is 22.3. The van der Waals surface area contributed by atoms with Crippen LogP contribution >= 0.6 is 23.2 Å². The zero-order valence-corrected chi connectivity index (χ0v) is 28.8. The number of nitrogens with one attached hydrogen (secondary N) is 1. The zero-order valence-electron chi connectivity index (χ0n) is 27.2. The van der Waals surface area contributed by atoms with E-state index in [1.54, 1.807) is 36.4 Å². The monoisotopic (exact) mass is 687 g/mol. The lowest BCUT2D eigenvalue weighted by Crippen LogP contribution is -2.47. The van der Waals surface area contributed by atoms with Crippen molar-refractivity contribution in [2.24, 2.45) is 5.41 Å². The molecule has 0 radical (unpaired) electrons. The molecule has 0 saturated carbocycles. The molecule has 0 spiro atoms. The SMILES string of the molecule is CCCCN1C(COCNc2ccc(C(=O)O)c(OC)c2)C(c2cccc(Cl)c2F)C(C#N)(c2ccc(Cl)cc2F)C1CC(C)(C)C. The van der Waals surface area contributed by atoms with Gasteiger partial charge >= 0.3 is 5.97 Å². The molecule has 0 bridgehead atoms. The van der Waals surface area contributed by atoms with E-state index in [2.05, 4.69) is 44.0 Å². The Balaban J connectivity index is 1.83. The number of methoxy groups -OCH3 is 1. The van der Waals surface area contributed by atoms with E-state index in [0.717, 1.165) is 12.8 Å². The van der Waals surface area contributed by atoms with Crippen LogP contribution in [0.25, 0.3) is 0 Å². The van der Waals surface area contributed by atoms with E-state index in [0.29, 0.717) is 18.7 Å². The van der Waals surface area contributed by atoms with Crippen molar-refractivity contribution in [1.82, 2.24) is 4.90 Å². The molecule has 1 aliphatic heterocycles. The van der Waals surface area contributed by atoms with Crippen molar-refractivity contribution in [3.8, 4) is 11.8 Å². The maximum atomic E-state index is 16.1. The highest BCUT2D eigenvalue weighted by Crippen LogP contribution is 2.56. The molecular formula is C36H41Cl2F2N3O4. The molecule has 252 valence electrons. The van der Waals surface area contributed by atoms with Crippen LogP contribution in [0.1, 0.15) is 74.4 Å². The van der Waals surface area contributed by atoms with E-state index < -0.39 is 41.0 Å². The van der Waals surface area contributed by atoms with Crippen LogP contribution in [0.4, 0.5) is 14.5 Å². The Hall–Kier alpha value is -3.42. The third kappa shape index (κ3) is 7.68. The number of unbranched alkanes of at least 4 members (excludes halogenated alkanes) is 1. The van der Waals surface area contributed by atoms with Crippen LogP contribution in [0, 0.1) is 28.4 Å². The van der Waals surface area contributed by atoms with Crippen LogP contribution in [0.3, 0.4) is 0 Å². The highest BCUT2D eigenvalue weighted by molar-refractivity contribution is 6.31. The maximum absolute atomic E-state index is 16.1. The Bertz CT molecular complexity index is 1630. The molecule has 4 rings (SSSR count). The van der Waals surface area contributed by atoms with Gasteiger partial charge in [0.05, 0.1) is 24.8 Å². The lowest BCUT2D eigenvalue weighted by atomic mass is 9.62. The summed E-state index contributed by atoms with van der Waals surface area (Å²) >= 11 is 12.5. The van der Waals surface area contributed by atoms with Gasteiger partial charge in [0.25, 0.3) is 0 Å². The average molecular weight is 689 g/mol. The zero-order chi connectivity index (χ0) is 34.5. The summed E-state index contributed by atoms with van der Waals surface area (Å²) < 4.78 is 43.7. The van der Waals surface area contributed by atoms with Crippen molar-refractivity contribution in [2.75, 3.05) is 32.3 Å². The predicted octanol–water partition coefficient (Wildman–Crippen LogP) is 8.90. The molecule has 3 aromatic rings. The van der Waals surface area contributed by atoms with Gasteiger partial charge in [-0.2, -0.15) is 5.26 Å². The first-order valence-electron chi connectivity index (χ1n) is 15.6. The van der Waals surface area contributed by atoms with E-state index in [9.17, 15) is 15.2 Å². The molecule has 0 aromatic heterocycles. The highest BCUT2D eigenvalue weighted by atomic mass is 35.5. The van der Waals surface area contributed by atoms with Crippen LogP contribution < -0.4 is 10.1 Å². The van der Waals surface area contributed by atoms with E-state index in [1.807, 2.05) is 0 Å². The Labute approximate surface area is 285 Å². The minimum atomic E-state index is -1.54. The number of anilines is 1. The molecule has 4 unspecified atom stereocenters. The van der Waals surface area contributed by atoms with Gasteiger partial charge in [-0.3, -0.25) is 4.90 Å². The minimum absolute atomic E-state index is 0.0111. The van der Waals surface area contributed by atoms with Gasteiger partial charge in [0.2, 0.25) is 0 Å². The number of nitrogens with zero attached hydrogens (tertiary/aromatic N) is 2. The van der Waals surface area contributed by atoms with Crippen LogP contribution in [-0.2, 0) is 10.2 Å². The van der Waals surface area contributed by atoms with Crippen LogP contribution in [0.15, 0.2) is 54.6 Å². The fourth-order valence-electron chi connectivity index (χ4n) is 6.79. The molecule has 0 amide bonds. The van der Waals surface area contributed by atoms with Crippen molar-refractivity contribution < 1.29 is 28.2 Å². The molecule has 11 heteroatoms. The molecule has 0 aliphatic carbocycles. The smallest absolute Gasteiger partial charge is 0.339 e. The van der Waals surface area contributed by atoms with Gasteiger partial charge < -0.3 is 19.9 Å². The van der Waals surface area contributed by atoms with Gasteiger partial charge in [0.1, 0.15) is 35.1 Å². The number of aromatic carboxylic acids is 1. The minimum Gasteiger partial charge on any atom is -0.496 e. The lowest BCUT2D eigenvalue weighted by Gasteiger charge is -2.39. The molecule has 1 saturated heterocycles. The van der Waals surface area contributed by atoms with Gasteiger partial charge in [0, 0.05) is 40.3 Å². The fourth-order valence-corrected chi connectivity index (χ4v) is 7.13. The van der Waals surface area contributed by atoms with Gasteiger partial charge in [-0.1, -0.05) is 75.5 Å². The van der Waals surface area contributed by atoms with Crippen LogP contribution in [-0.4, -0.2) is 55.1 Å². The Kier molecular flexibility index (Phi) is 11.8. The molecule has 1 fully saturated rings. The topological polar surface area (TPSA) is 94.8 Å². The number of rotatable bonds is 13. The first-order valence-corrected chi connectivity index (χ1v) is 16.3. The largest absolute Gasteiger partial charge is 0.496 e. The fraction of sp³-hybridized carbons (Fsp3) is 0.444. The van der Waals surface area contributed by atoms with Crippen molar-refractivity contribution in [2.45, 2.75) is 70.4 Å². The van der Waals surface area contributed by atoms with Gasteiger partial charge in [-0.25, -0.2) is 13.6 Å². The molecule has 2 N–H and O–H groups in total. The van der Waals surface area contributed by atoms with E-state index in [1.165, 1.54) is 25.3 Å². The van der Waals surface area contributed by atoms with Gasteiger partial charge in [0.15, 0.2) is 0 Å². The summed E-state index contributed by atoms with van der Waals surface area (Å²) in [6.45, 7) is 8.92. The molecule has 1 aliphatic rings. The van der Waals surface area contributed by atoms with Gasteiger partial charge in [-0.05, 0) is 60.7 Å². The number of carboxylic acids is 1. The standard InChI is InChI=1S/C36H41Cl2F2N3O4/c1-6-7-15-43-29(19-47-21-42-23-12-13-24(34(44)45)30(17-23)46-5)32(25-9-8-10-27(38)33(25)40)36(20-41,31(43)18-35(2,3)4)26-14-11-22(37)16-28(26)39/h8-14,16-17,29,31-32,42H,6-7,15,18-19,21H2,1-5H3,(H,44,45). The number of halogens is 4. The van der Waals surface area contributed by atoms with E-state index >= 15 is 8.78 Å². The molecule has 7 nitrogen and oxygen atoms in total. The third-order valence-electron chi connectivity index (χ3n) is 8.78. The van der Waals surface area contributed by atoms with Crippen LogP contribution in [0.5, 0.6) is 5.75 Å². The Morgan fingerprint density at radius 1 is 1.15 bits per heavy atom. The number of likely N-dealkylation sites (tertiary alicyclic amines) is 1. The normalized spacial score (nSPS) is 21.4. The molecule has 3 aromatic carbocycles. The number of carbonyl (C=O) groups is 1. The van der Waals surface area contributed by atoms with Crippen molar-refractivity contribution in [3.63, 3.8) is 0 Å². The summed E-state index contributed by atoms with van der Waals surface area (Å²) in [5.41, 5.74) is -0.870. The highest BCUT2D eigenvalue weighted by Gasteiger charge is 2.62. The second-order valence-electron chi connectivity index (χ2n) is 13.1. The number of carboxylic acid groups (broad SMARTS) is 1. The molecule has 4 atom stereocenters. The number of benzene rings is 3. The second kappa shape index (κ2) is 15.2. The van der Waals surface area contributed by atoms with Gasteiger partial charge in [-0.15, -0.1) is 0 Å². The summed E-state index contributed by atoms with van der Waals surface area (Å²) in [6, 6.07) is 15.1. The summed E-state index contributed by atoms with van der Waals surface area (Å²) in [6.07, 6.45) is 2.17. The third-order valence-corrected chi connectivity index (χ3v) is 9.31. The van der Waals surface area contributed by atoms with E-state index in [4.69, 9.17) is 32.7 Å². The second-order valence-corrected chi connectivity index (χ2v) is 13.9. The first kappa shape index (κ1) is 36.4. The van der Waals surface area contributed by atoms with Crippen LogP contribution in [0.2, 0.25) is 10.0 Å². The summed E-state index contributed by atoms with van der Waals surface area (Å²) in [4.78, 5) is 13.7. The van der Waals surface area contributed by atoms with Crippen molar-refractivity contribution in [1.29, 1.82) is 5.26 Å².